The van der Waals surface area contributed by atoms with Crippen molar-refractivity contribution in [3.05, 3.63) is 35.4 Å². The summed E-state index contributed by atoms with van der Waals surface area (Å²) in [5.41, 5.74) is 0.242. The van der Waals surface area contributed by atoms with Gasteiger partial charge in [-0.05, 0) is 49.1 Å². The molecule has 1 atom stereocenters. The molecule has 1 heterocycles. The molecular formula is C17H24F2N2O2. The molecule has 1 saturated heterocycles. The molecule has 6 heteroatoms. The number of hydrogen-bond donors (Lipinski definition) is 1. The molecule has 0 aliphatic carbocycles. The van der Waals surface area contributed by atoms with Crippen molar-refractivity contribution in [1.29, 1.82) is 0 Å². The van der Waals surface area contributed by atoms with Crippen LogP contribution in [0.2, 0.25) is 0 Å². The molecule has 0 unspecified atom stereocenters. The minimum Gasteiger partial charge on any atom is -0.383 e. The van der Waals surface area contributed by atoms with E-state index in [1.165, 1.54) is 0 Å². The van der Waals surface area contributed by atoms with E-state index in [9.17, 15) is 13.6 Å². The molecule has 0 saturated carbocycles. The third-order valence-corrected chi connectivity index (χ3v) is 4.20. The molecule has 1 N–H and O–H groups in total. The fourth-order valence-electron chi connectivity index (χ4n) is 2.83. The van der Waals surface area contributed by atoms with Crippen LogP contribution in [0.1, 0.15) is 18.4 Å². The average molecular weight is 326 g/mol. The summed E-state index contributed by atoms with van der Waals surface area (Å²) in [6.07, 6.45) is 1.43. The summed E-state index contributed by atoms with van der Waals surface area (Å²) >= 11 is 0. The summed E-state index contributed by atoms with van der Waals surface area (Å²) in [7, 11) is 1.69. The summed E-state index contributed by atoms with van der Waals surface area (Å²) in [5.74, 6) is -0.626. The Morgan fingerprint density at radius 1 is 1.43 bits per heavy atom. The maximum Gasteiger partial charge on any atom is 0.220 e. The highest BCUT2D eigenvalue weighted by Crippen LogP contribution is 2.15. The summed E-state index contributed by atoms with van der Waals surface area (Å²) in [6.45, 7) is 4.26. The number of halogens is 2. The van der Waals surface area contributed by atoms with Gasteiger partial charge in [-0.1, -0.05) is 0 Å². The van der Waals surface area contributed by atoms with E-state index in [4.69, 9.17) is 4.74 Å². The van der Waals surface area contributed by atoms with Crippen LogP contribution in [0.4, 0.5) is 8.78 Å². The zero-order chi connectivity index (χ0) is 16.7. The van der Waals surface area contributed by atoms with E-state index >= 15 is 0 Å². The van der Waals surface area contributed by atoms with Gasteiger partial charge in [-0.25, -0.2) is 8.78 Å². The van der Waals surface area contributed by atoms with E-state index in [1.807, 2.05) is 0 Å². The summed E-state index contributed by atoms with van der Waals surface area (Å²) in [4.78, 5) is 14.2. The topological polar surface area (TPSA) is 41.6 Å². The molecular weight excluding hydrogens is 302 g/mol. The predicted octanol–water partition coefficient (Wildman–Crippen LogP) is 1.98. The van der Waals surface area contributed by atoms with Gasteiger partial charge in [-0.15, -0.1) is 0 Å². The lowest BCUT2D eigenvalue weighted by molar-refractivity contribution is -0.121. The Kier molecular flexibility index (Phi) is 6.92. The SMILES string of the molecule is COCCN1CC[C@H](CNC(=O)CCc2cc(F)ccc2F)C1. The molecule has 0 bridgehead atoms. The van der Waals surface area contributed by atoms with Gasteiger partial charge in [-0.2, -0.15) is 0 Å². The van der Waals surface area contributed by atoms with Gasteiger partial charge < -0.3 is 15.0 Å². The molecule has 0 spiro atoms. The lowest BCUT2D eigenvalue weighted by Gasteiger charge is -2.15. The zero-order valence-corrected chi connectivity index (χ0v) is 13.5. The van der Waals surface area contributed by atoms with Crippen LogP contribution in [-0.2, 0) is 16.0 Å². The van der Waals surface area contributed by atoms with Crippen molar-refractivity contribution < 1.29 is 18.3 Å². The molecule has 1 aromatic carbocycles. The molecule has 2 rings (SSSR count). The third-order valence-electron chi connectivity index (χ3n) is 4.20. The molecule has 1 aliphatic heterocycles. The number of methoxy groups -OCH3 is 1. The Balaban J connectivity index is 1.67. The molecule has 1 amide bonds. The fourth-order valence-corrected chi connectivity index (χ4v) is 2.83. The van der Waals surface area contributed by atoms with Gasteiger partial charge in [0, 0.05) is 33.2 Å². The van der Waals surface area contributed by atoms with E-state index in [0.29, 0.717) is 12.5 Å². The highest BCUT2D eigenvalue weighted by Gasteiger charge is 2.22. The van der Waals surface area contributed by atoms with E-state index < -0.39 is 11.6 Å². The normalized spacial score (nSPS) is 18.3. The first-order valence-electron chi connectivity index (χ1n) is 8.00. The quantitative estimate of drug-likeness (QED) is 0.794. The monoisotopic (exact) mass is 326 g/mol. The second kappa shape index (κ2) is 8.93. The Morgan fingerprint density at radius 3 is 3.04 bits per heavy atom. The van der Waals surface area contributed by atoms with Crippen molar-refractivity contribution in [2.24, 2.45) is 5.92 Å². The van der Waals surface area contributed by atoms with Crippen LogP contribution in [0.5, 0.6) is 0 Å². The smallest absolute Gasteiger partial charge is 0.220 e. The molecule has 128 valence electrons. The van der Waals surface area contributed by atoms with Crippen molar-refractivity contribution in [3.63, 3.8) is 0 Å². The van der Waals surface area contributed by atoms with E-state index in [1.54, 1.807) is 7.11 Å². The van der Waals surface area contributed by atoms with Gasteiger partial charge in [0.15, 0.2) is 0 Å². The number of amides is 1. The van der Waals surface area contributed by atoms with Crippen molar-refractivity contribution >= 4 is 5.91 Å². The molecule has 0 aromatic heterocycles. The van der Waals surface area contributed by atoms with Crippen LogP contribution in [0, 0.1) is 17.6 Å². The molecule has 23 heavy (non-hydrogen) atoms. The van der Waals surface area contributed by atoms with E-state index in [0.717, 1.165) is 50.9 Å². The van der Waals surface area contributed by atoms with E-state index in [2.05, 4.69) is 10.2 Å². The van der Waals surface area contributed by atoms with E-state index in [-0.39, 0.29) is 24.3 Å². The number of aryl methyl sites for hydroxylation is 1. The van der Waals surface area contributed by atoms with Crippen LogP contribution in [0.15, 0.2) is 18.2 Å². The number of likely N-dealkylation sites (tertiary alicyclic amines) is 1. The number of nitrogens with one attached hydrogen (secondary N) is 1. The largest absolute Gasteiger partial charge is 0.383 e. The standard InChI is InChI=1S/C17H24F2N2O2/c1-23-9-8-21-7-6-13(12-21)11-20-17(22)5-2-14-10-15(18)3-4-16(14)19/h3-4,10,13H,2,5-9,11-12H2,1H3,(H,20,22)/t13-/m1/s1. The van der Waals surface area contributed by atoms with Gasteiger partial charge in [0.1, 0.15) is 11.6 Å². The molecule has 1 aromatic rings. The Labute approximate surface area is 135 Å². The van der Waals surface area contributed by atoms with Gasteiger partial charge in [0.05, 0.1) is 6.61 Å². The highest BCUT2D eigenvalue weighted by molar-refractivity contribution is 5.76. The average Bonchev–Trinajstić information content (AvgIpc) is 2.99. The van der Waals surface area contributed by atoms with Crippen molar-refractivity contribution in [2.45, 2.75) is 19.3 Å². The summed E-state index contributed by atoms with van der Waals surface area (Å²) < 4.78 is 31.6. The lowest BCUT2D eigenvalue weighted by atomic mass is 10.1. The highest BCUT2D eigenvalue weighted by atomic mass is 19.1. The number of hydrogen-bond acceptors (Lipinski definition) is 3. The number of carbonyl (C=O) groups is 1. The minimum atomic E-state index is -0.482. The minimum absolute atomic E-state index is 0.121. The number of ether oxygens (including phenoxy) is 1. The second-order valence-electron chi connectivity index (χ2n) is 5.99. The second-order valence-corrected chi connectivity index (χ2v) is 5.99. The van der Waals surface area contributed by atoms with Crippen molar-refractivity contribution in [2.75, 3.05) is 39.9 Å². The Hall–Kier alpha value is -1.53. The first-order valence-corrected chi connectivity index (χ1v) is 8.00. The zero-order valence-electron chi connectivity index (χ0n) is 13.5. The van der Waals surface area contributed by atoms with Gasteiger partial charge >= 0.3 is 0 Å². The van der Waals surface area contributed by atoms with Crippen LogP contribution >= 0.6 is 0 Å². The van der Waals surface area contributed by atoms with Crippen LogP contribution < -0.4 is 5.32 Å². The van der Waals surface area contributed by atoms with Crippen LogP contribution in [-0.4, -0.2) is 50.7 Å². The summed E-state index contributed by atoms with van der Waals surface area (Å²) in [5, 5.41) is 2.89. The van der Waals surface area contributed by atoms with Crippen LogP contribution in [0.25, 0.3) is 0 Å². The Morgan fingerprint density at radius 2 is 2.26 bits per heavy atom. The summed E-state index contributed by atoms with van der Waals surface area (Å²) in [6, 6.07) is 3.32. The predicted molar refractivity (Wildman–Crippen MR) is 84.1 cm³/mol. The molecule has 4 nitrogen and oxygen atoms in total. The first kappa shape index (κ1) is 17.8. The molecule has 1 aliphatic rings. The Bertz CT molecular complexity index is 525. The van der Waals surface area contributed by atoms with Gasteiger partial charge in [0.2, 0.25) is 5.91 Å². The molecule has 1 fully saturated rings. The maximum atomic E-state index is 13.5. The number of benzene rings is 1. The number of carbonyl (C=O) groups excluding carboxylic acids is 1. The van der Waals surface area contributed by atoms with Gasteiger partial charge in [0.25, 0.3) is 0 Å². The fraction of sp³-hybridized carbons (Fsp3) is 0.588. The first-order chi connectivity index (χ1) is 11.1. The van der Waals surface area contributed by atoms with Gasteiger partial charge in [-0.3, -0.25) is 4.79 Å². The lowest BCUT2D eigenvalue weighted by Crippen LogP contribution is -2.31. The van der Waals surface area contributed by atoms with Crippen LogP contribution in [0.3, 0.4) is 0 Å². The molecule has 0 radical (unpaired) electrons. The van der Waals surface area contributed by atoms with Crippen molar-refractivity contribution in [3.8, 4) is 0 Å². The number of rotatable bonds is 8. The third kappa shape index (κ3) is 5.88. The number of nitrogens with zero attached hydrogens (tertiary/aromatic N) is 1. The maximum absolute atomic E-state index is 13.5. The van der Waals surface area contributed by atoms with Crippen molar-refractivity contribution in [1.82, 2.24) is 10.2 Å².